The van der Waals surface area contributed by atoms with Crippen LogP contribution in [0, 0.1) is 0 Å². The molecule has 0 spiro atoms. The molecule has 0 saturated carbocycles. The minimum Gasteiger partial charge on any atom is -0.348 e. The Morgan fingerprint density at radius 1 is 1.09 bits per heavy atom. The van der Waals surface area contributed by atoms with Crippen LogP contribution in [0.15, 0.2) is 42.5 Å². The third-order valence-electron chi connectivity index (χ3n) is 3.21. The van der Waals surface area contributed by atoms with Crippen molar-refractivity contribution in [2.24, 2.45) is 0 Å². The molecular formula is C17H18N2O3. The molecule has 114 valence electrons. The molecule has 0 unspecified atom stereocenters. The fourth-order valence-electron chi connectivity index (χ4n) is 2.18. The molecule has 0 aromatic heterocycles. The van der Waals surface area contributed by atoms with E-state index in [1.807, 2.05) is 0 Å². The fraction of sp³-hybridized carbons (Fsp3) is 0.235. The summed E-state index contributed by atoms with van der Waals surface area (Å²) in [5, 5.41) is 2.70. The summed E-state index contributed by atoms with van der Waals surface area (Å²) >= 11 is 0. The second-order valence-electron chi connectivity index (χ2n) is 5.55. The van der Waals surface area contributed by atoms with Crippen molar-refractivity contribution in [2.45, 2.75) is 13.8 Å². The first kappa shape index (κ1) is 15.7. The molecule has 1 aromatic carbocycles. The number of fused-ring (bicyclic) bond motifs is 1. The first-order valence-corrected chi connectivity index (χ1v) is 6.88. The monoisotopic (exact) mass is 298 g/mol. The van der Waals surface area contributed by atoms with Crippen molar-refractivity contribution in [3.05, 3.63) is 59.2 Å². The Morgan fingerprint density at radius 3 is 2.32 bits per heavy atom. The summed E-state index contributed by atoms with van der Waals surface area (Å²) in [7, 11) is 0. The van der Waals surface area contributed by atoms with Crippen LogP contribution in [-0.4, -0.2) is 35.7 Å². The highest BCUT2D eigenvalue weighted by molar-refractivity contribution is 6.22. The van der Waals surface area contributed by atoms with E-state index in [1.165, 1.54) is 12.1 Å². The van der Waals surface area contributed by atoms with Crippen molar-refractivity contribution >= 4 is 17.7 Å². The van der Waals surface area contributed by atoms with Crippen molar-refractivity contribution < 1.29 is 14.4 Å². The molecular weight excluding hydrogens is 280 g/mol. The summed E-state index contributed by atoms with van der Waals surface area (Å²) in [4.78, 5) is 37.7. The number of rotatable bonds is 5. The van der Waals surface area contributed by atoms with Gasteiger partial charge in [0.15, 0.2) is 0 Å². The van der Waals surface area contributed by atoms with Gasteiger partial charge >= 0.3 is 0 Å². The molecule has 1 aliphatic heterocycles. The fourth-order valence-corrected chi connectivity index (χ4v) is 2.18. The van der Waals surface area contributed by atoms with E-state index in [9.17, 15) is 14.4 Å². The summed E-state index contributed by atoms with van der Waals surface area (Å²) in [6, 6.07) is 4.52. The lowest BCUT2D eigenvalue weighted by Gasteiger charge is -2.12. The van der Waals surface area contributed by atoms with E-state index in [0.29, 0.717) is 23.2 Å². The van der Waals surface area contributed by atoms with Gasteiger partial charge in [-0.2, -0.15) is 0 Å². The Kier molecular flexibility index (Phi) is 4.26. The standard InChI is InChI=1S/C17H18N2O3/c1-10(2)8-18-15(20)12-5-6-13-14(7-12)17(22)19(16(13)21)9-11(3)4/h5-7H,1,3,8-9H2,2,4H3,(H,18,20). The number of hydrogen-bond acceptors (Lipinski definition) is 3. The van der Waals surface area contributed by atoms with Crippen LogP contribution in [0.2, 0.25) is 0 Å². The first-order chi connectivity index (χ1) is 10.3. The molecule has 5 heteroatoms. The third kappa shape index (κ3) is 2.98. The first-order valence-electron chi connectivity index (χ1n) is 6.88. The molecule has 22 heavy (non-hydrogen) atoms. The molecule has 2 rings (SSSR count). The number of benzene rings is 1. The smallest absolute Gasteiger partial charge is 0.261 e. The van der Waals surface area contributed by atoms with Crippen LogP contribution in [0.25, 0.3) is 0 Å². The Labute approximate surface area is 129 Å². The zero-order valence-electron chi connectivity index (χ0n) is 12.7. The van der Waals surface area contributed by atoms with Gasteiger partial charge in [-0.15, -0.1) is 0 Å². The number of nitrogens with zero attached hydrogens (tertiary/aromatic N) is 1. The van der Waals surface area contributed by atoms with Gasteiger partial charge in [0.05, 0.1) is 11.1 Å². The third-order valence-corrected chi connectivity index (χ3v) is 3.21. The summed E-state index contributed by atoms with van der Waals surface area (Å²) in [6.45, 7) is 11.5. The van der Waals surface area contributed by atoms with Gasteiger partial charge in [-0.3, -0.25) is 19.3 Å². The molecule has 0 fully saturated rings. The highest BCUT2D eigenvalue weighted by Crippen LogP contribution is 2.24. The number of carbonyl (C=O) groups is 3. The van der Waals surface area contributed by atoms with Gasteiger partial charge in [-0.25, -0.2) is 0 Å². The van der Waals surface area contributed by atoms with E-state index in [0.717, 1.165) is 10.5 Å². The molecule has 5 nitrogen and oxygen atoms in total. The van der Waals surface area contributed by atoms with Crippen molar-refractivity contribution in [1.29, 1.82) is 0 Å². The minimum atomic E-state index is -0.391. The summed E-state index contributed by atoms with van der Waals surface area (Å²) < 4.78 is 0. The summed E-state index contributed by atoms with van der Waals surface area (Å²) in [6.07, 6.45) is 0. The maximum absolute atomic E-state index is 12.3. The largest absolute Gasteiger partial charge is 0.348 e. The number of hydrogen-bond donors (Lipinski definition) is 1. The van der Waals surface area contributed by atoms with Crippen molar-refractivity contribution in [3.8, 4) is 0 Å². The van der Waals surface area contributed by atoms with Gasteiger partial charge in [-0.05, 0) is 32.0 Å². The van der Waals surface area contributed by atoms with Gasteiger partial charge in [-0.1, -0.05) is 24.3 Å². The molecule has 0 saturated heterocycles. The van der Waals surface area contributed by atoms with Crippen LogP contribution in [-0.2, 0) is 0 Å². The zero-order valence-corrected chi connectivity index (χ0v) is 12.7. The van der Waals surface area contributed by atoms with Crippen LogP contribution >= 0.6 is 0 Å². The van der Waals surface area contributed by atoms with Gasteiger partial charge in [0.2, 0.25) is 0 Å². The Hall–Kier alpha value is -2.69. The van der Waals surface area contributed by atoms with Crippen LogP contribution in [0.4, 0.5) is 0 Å². The zero-order chi connectivity index (χ0) is 16.4. The number of carbonyl (C=O) groups excluding carboxylic acids is 3. The highest BCUT2D eigenvalue weighted by atomic mass is 16.2. The highest BCUT2D eigenvalue weighted by Gasteiger charge is 2.35. The average molecular weight is 298 g/mol. The topological polar surface area (TPSA) is 66.5 Å². The van der Waals surface area contributed by atoms with E-state index in [-0.39, 0.29) is 23.9 Å². The van der Waals surface area contributed by atoms with E-state index in [2.05, 4.69) is 18.5 Å². The van der Waals surface area contributed by atoms with Crippen LogP contribution < -0.4 is 5.32 Å². The van der Waals surface area contributed by atoms with E-state index in [1.54, 1.807) is 19.9 Å². The van der Waals surface area contributed by atoms with Crippen LogP contribution in [0.3, 0.4) is 0 Å². The molecule has 0 radical (unpaired) electrons. The predicted molar refractivity (Wildman–Crippen MR) is 83.8 cm³/mol. The summed E-state index contributed by atoms with van der Waals surface area (Å²) in [5.74, 6) is -1.04. The maximum Gasteiger partial charge on any atom is 0.261 e. The molecule has 1 aromatic rings. The average Bonchev–Trinajstić information content (AvgIpc) is 2.69. The maximum atomic E-state index is 12.3. The van der Waals surface area contributed by atoms with Gasteiger partial charge < -0.3 is 5.32 Å². The minimum absolute atomic E-state index is 0.184. The number of amides is 3. The van der Waals surface area contributed by atoms with Crippen molar-refractivity contribution in [1.82, 2.24) is 10.2 Å². The summed E-state index contributed by atoms with van der Waals surface area (Å²) in [5.41, 5.74) is 2.47. The lowest BCUT2D eigenvalue weighted by molar-refractivity contribution is 0.0668. The lowest BCUT2D eigenvalue weighted by Crippen LogP contribution is -2.31. The Morgan fingerprint density at radius 2 is 1.73 bits per heavy atom. The van der Waals surface area contributed by atoms with E-state index in [4.69, 9.17) is 0 Å². The molecule has 0 aliphatic carbocycles. The van der Waals surface area contributed by atoms with Crippen LogP contribution in [0.5, 0.6) is 0 Å². The number of nitrogens with one attached hydrogen (secondary N) is 1. The van der Waals surface area contributed by atoms with Crippen molar-refractivity contribution in [3.63, 3.8) is 0 Å². The second kappa shape index (κ2) is 5.97. The number of imide groups is 1. The SMILES string of the molecule is C=C(C)CNC(=O)c1ccc2c(c1)C(=O)N(CC(=C)C)C2=O. The van der Waals surface area contributed by atoms with E-state index < -0.39 is 5.91 Å². The molecule has 0 atom stereocenters. The molecule has 0 bridgehead atoms. The normalized spacial score (nSPS) is 13.1. The Bertz CT molecular complexity index is 704. The molecule has 1 aliphatic rings. The molecule has 3 amide bonds. The molecule has 1 heterocycles. The second-order valence-corrected chi connectivity index (χ2v) is 5.55. The van der Waals surface area contributed by atoms with Gasteiger partial charge in [0.25, 0.3) is 17.7 Å². The van der Waals surface area contributed by atoms with Crippen LogP contribution in [0.1, 0.15) is 44.9 Å². The lowest BCUT2D eigenvalue weighted by atomic mass is 10.1. The van der Waals surface area contributed by atoms with Gasteiger partial charge in [0, 0.05) is 18.7 Å². The van der Waals surface area contributed by atoms with Crippen molar-refractivity contribution in [2.75, 3.05) is 13.1 Å². The van der Waals surface area contributed by atoms with Gasteiger partial charge in [0.1, 0.15) is 0 Å². The Balaban J connectivity index is 2.27. The molecule has 1 N–H and O–H groups in total. The van der Waals surface area contributed by atoms with E-state index >= 15 is 0 Å². The quantitative estimate of drug-likeness (QED) is 0.669. The predicted octanol–water partition coefficient (Wildman–Crippen LogP) is 2.16.